The smallest absolute Gasteiger partial charge is 0.346 e. The van der Waals surface area contributed by atoms with E-state index in [1.807, 2.05) is 6.07 Å². The van der Waals surface area contributed by atoms with Crippen LogP contribution in [-0.2, 0) is 20.8 Å². The molecule has 0 N–H and O–H groups in total. The van der Waals surface area contributed by atoms with Crippen molar-refractivity contribution < 1.29 is 28.6 Å². The molecule has 2 aliphatic rings. The second-order valence-electron chi connectivity index (χ2n) is 5.21. The van der Waals surface area contributed by atoms with Crippen LogP contribution >= 0.6 is 0 Å². The second-order valence-corrected chi connectivity index (χ2v) is 5.21. The topological polar surface area (TPSA) is 78.9 Å². The highest BCUT2D eigenvalue weighted by Gasteiger charge is 2.29. The van der Waals surface area contributed by atoms with E-state index >= 15 is 0 Å². The van der Waals surface area contributed by atoms with Crippen molar-refractivity contribution in [2.45, 2.75) is 6.61 Å². The van der Waals surface area contributed by atoms with Crippen molar-refractivity contribution >= 4 is 17.9 Å². The third kappa shape index (κ3) is 2.20. The van der Waals surface area contributed by atoms with Crippen LogP contribution in [0.25, 0.3) is 11.1 Å². The molecule has 0 saturated heterocycles. The lowest BCUT2D eigenvalue weighted by atomic mass is 9.96. The van der Waals surface area contributed by atoms with Gasteiger partial charge < -0.3 is 14.2 Å². The van der Waals surface area contributed by atoms with Crippen LogP contribution < -0.4 is 0 Å². The summed E-state index contributed by atoms with van der Waals surface area (Å²) in [7, 11) is 0. The Bertz CT molecular complexity index is 867. The number of benzene rings is 2. The molecule has 4 rings (SSSR count). The minimum absolute atomic E-state index is 0.0738. The van der Waals surface area contributed by atoms with E-state index < -0.39 is 17.9 Å². The van der Waals surface area contributed by atoms with E-state index in [2.05, 4.69) is 4.74 Å². The number of fused-ring (bicyclic) bond motifs is 2. The van der Waals surface area contributed by atoms with Crippen LogP contribution in [0.2, 0.25) is 0 Å². The van der Waals surface area contributed by atoms with Gasteiger partial charge in [0.2, 0.25) is 0 Å². The van der Waals surface area contributed by atoms with Gasteiger partial charge in [-0.1, -0.05) is 12.1 Å². The largest absolute Gasteiger partial charge is 0.435 e. The monoisotopic (exact) mass is 310 g/mol. The summed E-state index contributed by atoms with van der Waals surface area (Å²) in [5.41, 5.74) is 3.23. The van der Waals surface area contributed by atoms with E-state index in [1.165, 1.54) is 0 Å². The molecular formula is C17H10O6. The lowest BCUT2D eigenvalue weighted by Crippen LogP contribution is -2.04. The Labute approximate surface area is 130 Å². The summed E-state index contributed by atoms with van der Waals surface area (Å²) in [4.78, 5) is 34.9. The lowest BCUT2D eigenvalue weighted by Gasteiger charge is -2.07. The number of carbonyl (C=O) groups is 3. The van der Waals surface area contributed by atoms with Gasteiger partial charge in [0, 0.05) is 0 Å². The van der Waals surface area contributed by atoms with E-state index in [0.29, 0.717) is 11.1 Å². The molecule has 6 nitrogen and oxygen atoms in total. The Hall–Kier alpha value is -2.99. The van der Waals surface area contributed by atoms with Crippen LogP contribution in [0.5, 0.6) is 0 Å². The predicted molar refractivity (Wildman–Crippen MR) is 76.7 cm³/mol. The average molecular weight is 310 g/mol. The Morgan fingerprint density at radius 3 is 2.26 bits per heavy atom. The van der Waals surface area contributed by atoms with Crippen molar-refractivity contribution in [2.75, 3.05) is 6.79 Å². The highest BCUT2D eigenvalue weighted by molar-refractivity contribution is 6.15. The van der Waals surface area contributed by atoms with Crippen molar-refractivity contribution in [3.05, 3.63) is 58.7 Å². The first-order valence-electron chi connectivity index (χ1n) is 6.92. The average Bonchev–Trinajstić information content (AvgIpc) is 2.73. The summed E-state index contributed by atoms with van der Waals surface area (Å²) in [6, 6.07) is 10.1. The number of esters is 3. The highest BCUT2D eigenvalue weighted by Crippen LogP contribution is 2.29. The third-order valence-electron chi connectivity index (χ3n) is 3.83. The Morgan fingerprint density at radius 2 is 1.43 bits per heavy atom. The van der Waals surface area contributed by atoms with Gasteiger partial charge in [0.1, 0.15) is 0 Å². The van der Waals surface area contributed by atoms with Gasteiger partial charge in [-0.05, 0) is 41.0 Å². The zero-order valence-electron chi connectivity index (χ0n) is 11.8. The first-order valence-corrected chi connectivity index (χ1v) is 6.92. The molecule has 0 atom stereocenters. The number of rotatable bonds is 1. The molecule has 2 aliphatic heterocycles. The normalized spacial score (nSPS) is 16.3. The van der Waals surface area contributed by atoms with Crippen LogP contribution in [0.4, 0.5) is 0 Å². The molecule has 2 heterocycles. The van der Waals surface area contributed by atoms with Crippen molar-refractivity contribution in [1.29, 1.82) is 0 Å². The number of cyclic esters (lactones) is 3. The molecule has 6 heteroatoms. The van der Waals surface area contributed by atoms with Crippen molar-refractivity contribution in [3.8, 4) is 11.1 Å². The molecule has 0 aromatic heterocycles. The van der Waals surface area contributed by atoms with E-state index in [-0.39, 0.29) is 24.5 Å². The summed E-state index contributed by atoms with van der Waals surface area (Å²) in [5.74, 6) is -1.70. The van der Waals surface area contributed by atoms with E-state index in [1.54, 1.807) is 30.3 Å². The number of hydrogen-bond acceptors (Lipinski definition) is 6. The Kier molecular flexibility index (Phi) is 2.99. The van der Waals surface area contributed by atoms with Crippen LogP contribution in [0.1, 0.15) is 36.6 Å². The molecule has 0 radical (unpaired) electrons. The maximum Gasteiger partial charge on any atom is 0.346 e. The fraction of sp³-hybridized carbons (Fsp3) is 0.118. The number of hydrogen-bond donors (Lipinski definition) is 0. The standard InChI is InChI=1S/C17H10O6/c18-15-12-3-1-9(5-11(12)7-21-8-22-15)10-2-4-13-14(6-10)17(20)23-16(13)19/h1-6H,7-8H2. The summed E-state index contributed by atoms with van der Waals surface area (Å²) < 4.78 is 14.7. The predicted octanol–water partition coefficient (Wildman–Crippen LogP) is 2.31. The quantitative estimate of drug-likeness (QED) is 0.594. The molecule has 0 unspecified atom stereocenters. The molecule has 23 heavy (non-hydrogen) atoms. The Morgan fingerprint density at radius 1 is 0.739 bits per heavy atom. The van der Waals surface area contributed by atoms with Crippen LogP contribution in [0.15, 0.2) is 36.4 Å². The van der Waals surface area contributed by atoms with E-state index in [9.17, 15) is 14.4 Å². The molecule has 0 amide bonds. The van der Waals surface area contributed by atoms with Gasteiger partial charge in [0.15, 0.2) is 6.79 Å². The molecule has 0 fully saturated rings. The molecule has 0 aliphatic carbocycles. The summed E-state index contributed by atoms with van der Waals surface area (Å²) >= 11 is 0. The summed E-state index contributed by atoms with van der Waals surface area (Å²) in [6.45, 7) is 0.191. The van der Waals surface area contributed by atoms with Crippen LogP contribution in [0.3, 0.4) is 0 Å². The molecule has 0 saturated carbocycles. The second kappa shape index (κ2) is 5.03. The molecule has 0 bridgehead atoms. The first kappa shape index (κ1) is 13.7. The maximum absolute atomic E-state index is 11.8. The maximum atomic E-state index is 11.8. The molecular weight excluding hydrogens is 300 g/mol. The minimum atomic E-state index is -0.645. The molecule has 2 aromatic rings. The van der Waals surface area contributed by atoms with Crippen LogP contribution in [0, 0.1) is 0 Å². The number of carbonyl (C=O) groups excluding carboxylic acids is 3. The van der Waals surface area contributed by atoms with Gasteiger partial charge in [0.05, 0.1) is 23.3 Å². The minimum Gasteiger partial charge on any atom is -0.435 e. The van der Waals surface area contributed by atoms with Gasteiger partial charge in [-0.15, -0.1) is 0 Å². The third-order valence-corrected chi connectivity index (χ3v) is 3.83. The van der Waals surface area contributed by atoms with Gasteiger partial charge in [0.25, 0.3) is 0 Å². The molecule has 114 valence electrons. The Balaban J connectivity index is 1.79. The fourth-order valence-electron chi connectivity index (χ4n) is 2.68. The van der Waals surface area contributed by atoms with Crippen LogP contribution in [-0.4, -0.2) is 24.7 Å². The van der Waals surface area contributed by atoms with Gasteiger partial charge in [-0.2, -0.15) is 0 Å². The van der Waals surface area contributed by atoms with E-state index in [4.69, 9.17) is 9.47 Å². The summed E-state index contributed by atoms with van der Waals surface area (Å²) in [5, 5.41) is 0. The zero-order chi connectivity index (χ0) is 16.0. The highest BCUT2D eigenvalue weighted by atomic mass is 16.7. The lowest BCUT2D eigenvalue weighted by molar-refractivity contribution is -0.0313. The van der Waals surface area contributed by atoms with Gasteiger partial charge >= 0.3 is 17.9 Å². The SMILES string of the molecule is O=C1OCOCc2cc(-c3ccc4c(c3)C(=O)OC4=O)ccc21. The van der Waals surface area contributed by atoms with Gasteiger partial charge in [-0.3, -0.25) is 0 Å². The fourth-order valence-corrected chi connectivity index (χ4v) is 2.68. The zero-order valence-corrected chi connectivity index (χ0v) is 11.8. The first-order chi connectivity index (χ1) is 11.1. The number of ether oxygens (including phenoxy) is 3. The summed E-state index contributed by atoms with van der Waals surface area (Å²) in [6.07, 6.45) is 0. The van der Waals surface area contributed by atoms with Crippen molar-refractivity contribution in [3.63, 3.8) is 0 Å². The van der Waals surface area contributed by atoms with Crippen molar-refractivity contribution in [2.24, 2.45) is 0 Å². The molecule has 2 aromatic carbocycles. The molecule has 0 spiro atoms. The van der Waals surface area contributed by atoms with Crippen molar-refractivity contribution in [1.82, 2.24) is 0 Å². The van der Waals surface area contributed by atoms with E-state index in [0.717, 1.165) is 11.1 Å². The van der Waals surface area contributed by atoms with Gasteiger partial charge in [-0.25, -0.2) is 14.4 Å².